The molecule has 172 valence electrons. The van der Waals surface area contributed by atoms with Crippen molar-refractivity contribution < 1.29 is 22.9 Å². The summed E-state index contributed by atoms with van der Waals surface area (Å²) in [5.74, 6) is 0.528. The molecule has 0 saturated heterocycles. The SMILES string of the molecule is COc1ccc(CCCNC(=O)c2ccc(NS(=O)(=O)c3cccc([N+](=O)[O-])c3)cc2)cc1. The molecular formula is C23H23N3O6S. The third kappa shape index (κ3) is 6.53. The maximum Gasteiger partial charge on any atom is 0.270 e. The first-order chi connectivity index (χ1) is 15.8. The highest BCUT2D eigenvalue weighted by molar-refractivity contribution is 7.92. The van der Waals surface area contributed by atoms with E-state index in [9.17, 15) is 23.3 Å². The number of rotatable bonds is 10. The van der Waals surface area contributed by atoms with Gasteiger partial charge in [-0.25, -0.2) is 8.42 Å². The lowest BCUT2D eigenvalue weighted by molar-refractivity contribution is -0.385. The Morgan fingerprint density at radius 3 is 2.36 bits per heavy atom. The number of benzene rings is 3. The van der Waals surface area contributed by atoms with Gasteiger partial charge in [0.25, 0.3) is 21.6 Å². The summed E-state index contributed by atoms with van der Waals surface area (Å²) in [5, 5.41) is 13.7. The number of hydrogen-bond donors (Lipinski definition) is 2. The minimum atomic E-state index is -4.01. The van der Waals surface area contributed by atoms with Gasteiger partial charge in [0.2, 0.25) is 0 Å². The second-order valence-corrected chi connectivity index (χ2v) is 8.83. The lowest BCUT2D eigenvalue weighted by Crippen LogP contribution is -2.24. The molecule has 0 unspecified atom stereocenters. The summed E-state index contributed by atoms with van der Waals surface area (Å²) in [4.78, 5) is 22.3. The number of nitrogens with zero attached hydrogens (tertiary/aromatic N) is 1. The predicted octanol–water partition coefficient (Wildman–Crippen LogP) is 3.77. The molecule has 0 aliphatic rings. The van der Waals surface area contributed by atoms with Gasteiger partial charge in [0.15, 0.2) is 0 Å². The zero-order valence-corrected chi connectivity index (χ0v) is 18.7. The van der Waals surface area contributed by atoms with Crippen molar-refractivity contribution in [1.29, 1.82) is 0 Å². The summed E-state index contributed by atoms with van der Waals surface area (Å²) in [6.45, 7) is 0.492. The Labute approximate surface area is 191 Å². The standard InChI is InChI=1S/C23H23N3O6S/c1-32-21-13-7-17(8-14-21)4-3-15-24-23(27)18-9-11-19(12-10-18)25-33(30,31)22-6-2-5-20(16-22)26(28)29/h2,5-14,16,25H,3-4,15H2,1H3,(H,24,27). The molecule has 3 aromatic rings. The van der Waals surface area contributed by atoms with Crippen LogP contribution in [0.15, 0.2) is 77.7 Å². The number of sulfonamides is 1. The number of aryl methyl sites for hydroxylation is 1. The molecule has 1 amide bonds. The Kier molecular flexibility index (Phi) is 7.62. The highest BCUT2D eigenvalue weighted by Gasteiger charge is 2.18. The van der Waals surface area contributed by atoms with Crippen molar-refractivity contribution in [3.05, 3.63) is 94.0 Å². The normalized spacial score (nSPS) is 10.9. The largest absolute Gasteiger partial charge is 0.497 e. The highest BCUT2D eigenvalue weighted by Crippen LogP contribution is 2.21. The Morgan fingerprint density at radius 2 is 1.73 bits per heavy atom. The minimum Gasteiger partial charge on any atom is -0.497 e. The van der Waals surface area contributed by atoms with Crippen LogP contribution in [0.1, 0.15) is 22.3 Å². The smallest absolute Gasteiger partial charge is 0.270 e. The van der Waals surface area contributed by atoms with Crippen molar-refractivity contribution >= 4 is 27.3 Å². The summed E-state index contributed by atoms with van der Waals surface area (Å²) in [7, 11) is -2.40. The Morgan fingerprint density at radius 1 is 1.03 bits per heavy atom. The Balaban J connectivity index is 1.53. The Bertz CT molecular complexity index is 1230. The van der Waals surface area contributed by atoms with Crippen LogP contribution in [0.4, 0.5) is 11.4 Å². The van der Waals surface area contributed by atoms with Gasteiger partial charge in [-0.1, -0.05) is 18.2 Å². The molecule has 0 aromatic heterocycles. The molecular weight excluding hydrogens is 446 g/mol. The van der Waals surface area contributed by atoms with Crippen molar-refractivity contribution in [2.24, 2.45) is 0 Å². The molecule has 0 aliphatic carbocycles. The predicted molar refractivity (Wildman–Crippen MR) is 124 cm³/mol. The van der Waals surface area contributed by atoms with Crippen molar-refractivity contribution in [3.63, 3.8) is 0 Å². The van der Waals surface area contributed by atoms with Gasteiger partial charge in [-0.2, -0.15) is 0 Å². The van der Waals surface area contributed by atoms with Gasteiger partial charge in [-0.3, -0.25) is 19.6 Å². The number of non-ortho nitro benzene ring substituents is 1. The number of carbonyl (C=O) groups excluding carboxylic acids is 1. The van der Waals surface area contributed by atoms with Gasteiger partial charge >= 0.3 is 0 Å². The number of methoxy groups -OCH3 is 1. The fourth-order valence-electron chi connectivity index (χ4n) is 3.06. The molecule has 0 radical (unpaired) electrons. The van der Waals surface area contributed by atoms with Crippen LogP contribution in [0.5, 0.6) is 5.75 Å². The first-order valence-electron chi connectivity index (χ1n) is 10.1. The molecule has 10 heteroatoms. The first-order valence-corrected chi connectivity index (χ1v) is 11.6. The van der Waals surface area contributed by atoms with Crippen LogP contribution in [0.3, 0.4) is 0 Å². The zero-order chi connectivity index (χ0) is 23.8. The number of anilines is 1. The van der Waals surface area contributed by atoms with E-state index in [0.717, 1.165) is 30.2 Å². The van der Waals surface area contributed by atoms with E-state index in [1.54, 1.807) is 7.11 Å². The second-order valence-electron chi connectivity index (χ2n) is 7.14. The third-order valence-corrected chi connectivity index (χ3v) is 6.20. The van der Waals surface area contributed by atoms with Gasteiger partial charge in [0.05, 0.1) is 16.9 Å². The summed E-state index contributed by atoms with van der Waals surface area (Å²) in [5.41, 5.74) is 1.44. The lowest BCUT2D eigenvalue weighted by Gasteiger charge is -2.09. The third-order valence-electron chi connectivity index (χ3n) is 4.82. The van der Waals surface area contributed by atoms with E-state index in [1.165, 1.54) is 42.5 Å². The fourth-order valence-corrected chi connectivity index (χ4v) is 4.15. The van der Waals surface area contributed by atoms with Crippen LogP contribution in [0.25, 0.3) is 0 Å². The van der Waals surface area contributed by atoms with Gasteiger partial charge < -0.3 is 10.1 Å². The van der Waals surface area contributed by atoms with Crippen LogP contribution < -0.4 is 14.8 Å². The number of carbonyl (C=O) groups is 1. The molecule has 33 heavy (non-hydrogen) atoms. The van der Waals surface area contributed by atoms with Crippen LogP contribution >= 0.6 is 0 Å². The van der Waals surface area contributed by atoms with E-state index < -0.39 is 14.9 Å². The van der Waals surface area contributed by atoms with E-state index in [2.05, 4.69) is 10.0 Å². The van der Waals surface area contributed by atoms with Crippen LogP contribution in [0, 0.1) is 10.1 Å². The van der Waals surface area contributed by atoms with Crippen molar-refractivity contribution in [2.45, 2.75) is 17.7 Å². The van der Waals surface area contributed by atoms with Gasteiger partial charge in [0.1, 0.15) is 5.75 Å². The maximum atomic E-state index is 12.5. The van der Waals surface area contributed by atoms with Gasteiger partial charge in [0, 0.05) is 29.9 Å². The number of ether oxygens (including phenoxy) is 1. The molecule has 3 rings (SSSR count). The number of hydrogen-bond acceptors (Lipinski definition) is 6. The van der Waals surface area contributed by atoms with E-state index in [4.69, 9.17) is 4.74 Å². The minimum absolute atomic E-state index is 0.227. The lowest BCUT2D eigenvalue weighted by atomic mass is 10.1. The van der Waals surface area contributed by atoms with Crippen molar-refractivity contribution in [3.8, 4) is 5.75 Å². The molecule has 0 spiro atoms. The van der Waals surface area contributed by atoms with E-state index in [0.29, 0.717) is 12.1 Å². The topological polar surface area (TPSA) is 128 Å². The molecule has 3 aromatic carbocycles. The fraction of sp³-hybridized carbons (Fsp3) is 0.174. The summed E-state index contributed by atoms with van der Waals surface area (Å²) in [6, 6.07) is 18.4. The van der Waals surface area contributed by atoms with Crippen LogP contribution in [-0.2, 0) is 16.4 Å². The summed E-state index contributed by atoms with van der Waals surface area (Å²) in [6.07, 6.45) is 1.57. The molecule has 0 fully saturated rings. The van der Waals surface area contributed by atoms with Crippen LogP contribution in [-0.4, -0.2) is 32.9 Å². The molecule has 2 N–H and O–H groups in total. The van der Waals surface area contributed by atoms with E-state index in [-0.39, 0.29) is 22.2 Å². The maximum absolute atomic E-state index is 12.5. The average molecular weight is 470 g/mol. The number of amides is 1. The average Bonchev–Trinajstić information content (AvgIpc) is 2.82. The highest BCUT2D eigenvalue weighted by atomic mass is 32.2. The first kappa shape index (κ1) is 23.7. The molecule has 0 heterocycles. The molecule has 0 bridgehead atoms. The monoisotopic (exact) mass is 469 g/mol. The second kappa shape index (κ2) is 10.6. The number of nitro groups is 1. The molecule has 0 atom stereocenters. The molecule has 0 saturated carbocycles. The quantitative estimate of drug-likeness (QED) is 0.264. The molecule has 9 nitrogen and oxygen atoms in total. The summed E-state index contributed by atoms with van der Waals surface area (Å²) < 4.78 is 32.5. The van der Waals surface area contributed by atoms with E-state index in [1.807, 2.05) is 24.3 Å². The number of nitro benzene ring substituents is 1. The summed E-state index contributed by atoms with van der Waals surface area (Å²) >= 11 is 0. The van der Waals surface area contributed by atoms with E-state index >= 15 is 0 Å². The van der Waals surface area contributed by atoms with Crippen molar-refractivity contribution in [1.82, 2.24) is 5.32 Å². The van der Waals surface area contributed by atoms with Gasteiger partial charge in [-0.05, 0) is 60.9 Å². The number of nitrogens with one attached hydrogen (secondary N) is 2. The Hall–Kier alpha value is -3.92. The van der Waals surface area contributed by atoms with Crippen LogP contribution in [0.2, 0.25) is 0 Å². The van der Waals surface area contributed by atoms with Crippen molar-refractivity contribution in [2.75, 3.05) is 18.4 Å². The zero-order valence-electron chi connectivity index (χ0n) is 17.9. The molecule has 0 aliphatic heterocycles. The van der Waals surface area contributed by atoms with Gasteiger partial charge in [-0.15, -0.1) is 0 Å².